The van der Waals surface area contributed by atoms with Crippen LogP contribution in [0.5, 0.6) is 0 Å². The van der Waals surface area contributed by atoms with Gasteiger partial charge in [-0.25, -0.2) is 18.4 Å². The van der Waals surface area contributed by atoms with E-state index in [1.54, 1.807) is 18.3 Å². The van der Waals surface area contributed by atoms with E-state index in [1.807, 2.05) is 25.1 Å². The molecule has 0 aliphatic carbocycles. The van der Waals surface area contributed by atoms with Crippen LogP contribution in [0.1, 0.15) is 11.3 Å². The zero-order valence-corrected chi connectivity index (χ0v) is 13.1. The minimum atomic E-state index is -3.23. The number of nitrogens with one attached hydrogen (secondary N) is 1. The average Bonchev–Trinajstić information content (AvgIpc) is 2.44. The molecule has 0 saturated carbocycles. The summed E-state index contributed by atoms with van der Waals surface area (Å²) in [6.45, 7) is 2.48. The van der Waals surface area contributed by atoms with Gasteiger partial charge in [0.1, 0.15) is 0 Å². The van der Waals surface area contributed by atoms with Crippen molar-refractivity contribution >= 4 is 21.7 Å². The molecule has 112 valence electrons. The fourth-order valence-electron chi connectivity index (χ4n) is 1.73. The van der Waals surface area contributed by atoms with E-state index in [9.17, 15) is 8.42 Å². The molecule has 0 fully saturated rings. The normalized spacial score (nSPS) is 11.2. The molecule has 0 saturated heterocycles. The monoisotopic (exact) mass is 306 g/mol. The number of anilines is 2. The molecule has 0 bridgehead atoms. The summed E-state index contributed by atoms with van der Waals surface area (Å²) in [4.78, 5) is 8.38. The maximum absolute atomic E-state index is 11.5. The first-order valence-electron chi connectivity index (χ1n) is 6.42. The summed E-state index contributed by atoms with van der Waals surface area (Å²) in [5, 5.41) is 3.13. The molecule has 0 spiro atoms. The van der Waals surface area contributed by atoms with Gasteiger partial charge in [-0.15, -0.1) is 0 Å². The van der Waals surface area contributed by atoms with Crippen molar-refractivity contribution in [3.05, 3.63) is 47.8 Å². The highest BCUT2D eigenvalue weighted by Gasteiger charge is 2.11. The molecule has 7 heteroatoms. The SMILES string of the molecule is Cc1ccnc(NCc2ccc(N(C)S(C)(=O)=O)cc2)n1. The van der Waals surface area contributed by atoms with Gasteiger partial charge in [0, 0.05) is 25.5 Å². The van der Waals surface area contributed by atoms with Crippen LogP contribution in [0.25, 0.3) is 0 Å². The first kappa shape index (κ1) is 15.2. The Hall–Kier alpha value is -2.15. The molecule has 1 N–H and O–H groups in total. The zero-order valence-electron chi connectivity index (χ0n) is 12.2. The van der Waals surface area contributed by atoms with Crippen LogP contribution in [0.3, 0.4) is 0 Å². The van der Waals surface area contributed by atoms with Crippen molar-refractivity contribution in [2.45, 2.75) is 13.5 Å². The molecule has 1 aromatic carbocycles. The van der Waals surface area contributed by atoms with Crippen LogP contribution in [-0.2, 0) is 16.6 Å². The third kappa shape index (κ3) is 4.16. The first-order chi connectivity index (χ1) is 9.86. The van der Waals surface area contributed by atoms with E-state index >= 15 is 0 Å². The zero-order chi connectivity index (χ0) is 15.5. The molecule has 2 rings (SSSR count). The van der Waals surface area contributed by atoms with Crippen molar-refractivity contribution in [2.75, 3.05) is 22.9 Å². The fraction of sp³-hybridized carbons (Fsp3) is 0.286. The Morgan fingerprint density at radius 2 is 1.86 bits per heavy atom. The molecular formula is C14H18N4O2S. The van der Waals surface area contributed by atoms with Gasteiger partial charge < -0.3 is 5.32 Å². The molecule has 1 aromatic heterocycles. The van der Waals surface area contributed by atoms with E-state index in [0.29, 0.717) is 18.2 Å². The second kappa shape index (κ2) is 6.09. The Morgan fingerprint density at radius 3 is 2.43 bits per heavy atom. The third-order valence-electron chi connectivity index (χ3n) is 3.04. The molecule has 1 heterocycles. The Labute approximate surface area is 124 Å². The van der Waals surface area contributed by atoms with Gasteiger partial charge in [0.05, 0.1) is 11.9 Å². The topological polar surface area (TPSA) is 75.2 Å². The number of aryl methyl sites for hydroxylation is 1. The Morgan fingerprint density at radius 1 is 1.19 bits per heavy atom. The molecule has 0 unspecified atom stereocenters. The predicted molar refractivity (Wildman–Crippen MR) is 83.8 cm³/mol. The molecular weight excluding hydrogens is 288 g/mol. The summed E-state index contributed by atoms with van der Waals surface area (Å²) in [7, 11) is -1.70. The highest BCUT2D eigenvalue weighted by Crippen LogP contribution is 2.16. The maximum atomic E-state index is 11.5. The highest BCUT2D eigenvalue weighted by molar-refractivity contribution is 7.92. The lowest BCUT2D eigenvalue weighted by Crippen LogP contribution is -2.24. The maximum Gasteiger partial charge on any atom is 0.231 e. The van der Waals surface area contributed by atoms with E-state index in [2.05, 4.69) is 15.3 Å². The van der Waals surface area contributed by atoms with Crippen molar-refractivity contribution in [1.82, 2.24) is 9.97 Å². The van der Waals surface area contributed by atoms with Crippen molar-refractivity contribution in [3.8, 4) is 0 Å². The number of nitrogens with zero attached hydrogens (tertiary/aromatic N) is 3. The van der Waals surface area contributed by atoms with Crippen LogP contribution in [0.15, 0.2) is 36.5 Å². The van der Waals surface area contributed by atoms with Crippen molar-refractivity contribution in [2.24, 2.45) is 0 Å². The van der Waals surface area contributed by atoms with Gasteiger partial charge in [0.25, 0.3) is 0 Å². The number of hydrogen-bond acceptors (Lipinski definition) is 5. The van der Waals surface area contributed by atoms with Crippen LogP contribution >= 0.6 is 0 Å². The molecule has 21 heavy (non-hydrogen) atoms. The summed E-state index contributed by atoms with van der Waals surface area (Å²) < 4.78 is 24.2. The van der Waals surface area contributed by atoms with E-state index < -0.39 is 10.0 Å². The predicted octanol–water partition coefficient (Wildman–Crippen LogP) is 1.79. The summed E-state index contributed by atoms with van der Waals surface area (Å²) >= 11 is 0. The largest absolute Gasteiger partial charge is 0.350 e. The number of hydrogen-bond donors (Lipinski definition) is 1. The van der Waals surface area contributed by atoms with E-state index in [0.717, 1.165) is 11.3 Å². The summed E-state index contributed by atoms with van der Waals surface area (Å²) in [6.07, 6.45) is 2.88. The Kier molecular flexibility index (Phi) is 4.42. The van der Waals surface area contributed by atoms with Crippen LogP contribution < -0.4 is 9.62 Å². The fourth-order valence-corrected chi connectivity index (χ4v) is 2.24. The van der Waals surface area contributed by atoms with Crippen LogP contribution in [0.4, 0.5) is 11.6 Å². The minimum absolute atomic E-state index is 0.576. The van der Waals surface area contributed by atoms with Crippen LogP contribution in [0.2, 0.25) is 0 Å². The lowest BCUT2D eigenvalue weighted by Gasteiger charge is -2.16. The van der Waals surface area contributed by atoms with Gasteiger partial charge in [0.2, 0.25) is 16.0 Å². The van der Waals surface area contributed by atoms with Gasteiger partial charge in [-0.3, -0.25) is 4.31 Å². The van der Waals surface area contributed by atoms with Gasteiger partial charge >= 0.3 is 0 Å². The van der Waals surface area contributed by atoms with E-state index in [1.165, 1.54) is 17.6 Å². The standard InChI is InChI=1S/C14H18N4O2S/c1-11-8-9-15-14(17-11)16-10-12-4-6-13(7-5-12)18(2)21(3,19)20/h4-9H,10H2,1-3H3,(H,15,16,17). The smallest absolute Gasteiger partial charge is 0.231 e. The van der Waals surface area contributed by atoms with Crippen molar-refractivity contribution in [3.63, 3.8) is 0 Å². The second-order valence-corrected chi connectivity index (χ2v) is 6.79. The van der Waals surface area contributed by atoms with Crippen LogP contribution in [0, 0.1) is 6.92 Å². The molecule has 0 radical (unpaired) electrons. The number of benzene rings is 1. The third-order valence-corrected chi connectivity index (χ3v) is 4.25. The molecule has 0 aliphatic rings. The Bertz CT molecular complexity index is 714. The van der Waals surface area contributed by atoms with Crippen LogP contribution in [-0.4, -0.2) is 31.7 Å². The summed E-state index contributed by atoms with van der Waals surface area (Å²) in [6, 6.07) is 9.13. The highest BCUT2D eigenvalue weighted by atomic mass is 32.2. The minimum Gasteiger partial charge on any atom is -0.350 e. The summed E-state index contributed by atoms with van der Waals surface area (Å²) in [5.41, 5.74) is 2.55. The molecule has 0 aliphatic heterocycles. The molecule has 2 aromatic rings. The number of aromatic nitrogens is 2. The van der Waals surface area contributed by atoms with Gasteiger partial charge in [-0.2, -0.15) is 0 Å². The Balaban J connectivity index is 2.03. The first-order valence-corrected chi connectivity index (χ1v) is 8.27. The quantitative estimate of drug-likeness (QED) is 0.911. The number of sulfonamides is 1. The number of rotatable bonds is 5. The molecule has 0 atom stereocenters. The van der Waals surface area contributed by atoms with Gasteiger partial charge in [-0.05, 0) is 30.7 Å². The lowest BCUT2D eigenvalue weighted by atomic mass is 10.2. The van der Waals surface area contributed by atoms with E-state index in [-0.39, 0.29) is 0 Å². The van der Waals surface area contributed by atoms with Crippen molar-refractivity contribution < 1.29 is 8.42 Å². The molecule has 0 amide bonds. The van der Waals surface area contributed by atoms with Gasteiger partial charge in [-0.1, -0.05) is 12.1 Å². The van der Waals surface area contributed by atoms with Gasteiger partial charge in [0.15, 0.2) is 0 Å². The van der Waals surface area contributed by atoms with Crippen molar-refractivity contribution in [1.29, 1.82) is 0 Å². The lowest BCUT2D eigenvalue weighted by molar-refractivity contribution is 0.600. The second-order valence-electron chi connectivity index (χ2n) is 4.77. The average molecular weight is 306 g/mol. The van der Waals surface area contributed by atoms with E-state index in [4.69, 9.17) is 0 Å². The summed E-state index contributed by atoms with van der Waals surface area (Å²) in [5.74, 6) is 0.576. The molecule has 6 nitrogen and oxygen atoms in total.